The molecule has 0 aliphatic rings. The molecule has 0 saturated heterocycles. The molecule has 0 aliphatic heterocycles. The van der Waals surface area contributed by atoms with E-state index in [1.807, 2.05) is 48.5 Å². The minimum absolute atomic E-state index is 0.177. The van der Waals surface area contributed by atoms with E-state index in [2.05, 4.69) is 27.0 Å². The number of fused-ring (bicyclic) bond motifs is 1. The van der Waals surface area contributed by atoms with Gasteiger partial charge in [0, 0.05) is 6.54 Å². The molecule has 0 spiro atoms. The number of imidazole rings is 1. The van der Waals surface area contributed by atoms with Gasteiger partial charge in [-0.25, -0.2) is 10.4 Å². The van der Waals surface area contributed by atoms with Crippen LogP contribution in [0.25, 0.3) is 11.0 Å². The summed E-state index contributed by atoms with van der Waals surface area (Å²) in [6.45, 7) is 2.87. The Kier molecular flexibility index (Phi) is 5.91. The van der Waals surface area contributed by atoms with Crippen molar-refractivity contribution in [2.45, 2.75) is 18.6 Å². The predicted octanol–water partition coefficient (Wildman–Crippen LogP) is 3.31. The summed E-state index contributed by atoms with van der Waals surface area (Å²) in [5.74, 6) is 0.817. The Morgan fingerprint density at radius 3 is 2.96 bits per heavy atom. The zero-order valence-electron chi connectivity index (χ0n) is 14.7. The van der Waals surface area contributed by atoms with Gasteiger partial charge in [-0.1, -0.05) is 36.0 Å². The van der Waals surface area contributed by atoms with Gasteiger partial charge in [0.2, 0.25) is 0 Å². The standard InChI is InChI=1S/C19H20N4O2S/c1-3-23-17-10-5-4-9-16(17)21-19(23)26-13-18(24)22-20-12-14-7-6-8-15(11-14)25-2/h4-12H,3,13H2,1-2H3,(H,22,24)/b20-12-. The van der Waals surface area contributed by atoms with Crippen molar-refractivity contribution < 1.29 is 9.53 Å². The number of ether oxygens (including phenoxy) is 1. The highest BCUT2D eigenvalue weighted by molar-refractivity contribution is 7.99. The monoisotopic (exact) mass is 368 g/mol. The van der Waals surface area contributed by atoms with Gasteiger partial charge in [-0.05, 0) is 36.8 Å². The number of hydrogen-bond donors (Lipinski definition) is 1. The molecule has 3 aromatic rings. The maximum atomic E-state index is 12.0. The normalized spacial score (nSPS) is 11.2. The molecule has 134 valence electrons. The fourth-order valence-electron chi connectivity index (χ4n) is 2.53. The van der Waals surface area contributed by atoms with Gasteiger partial charge in [0.05, 0.1) is 30.1 Å². The molecule has 0 saturated carbocycles. The molecule has 2 aromatic carbocycles. The second-order valence-electron chi connectivity index (χ2n) is 5.49. The molecule has 0 aliphatic carbocycles. The van der Waals surface area contributed by atoms with Crippen LogP contribution in [0.2, 0.25) is 0 Å². The van der Waals surface area contributed by atoms with Crippen molar-refractivity contribution in [1.29, 1.82) is 0 Å². The van der Waals surface area contributed by atoms with Crippen LogP contribution in [-0.4, -0.2) is 34.5 Å². The molecular weight excluding hydrogens is 348 g/mol. The van der Waals surface area contributed by atoms with Crippen molar-refractivity contribution in [3.63, 3.8) is 0 Å². The molecule has 1 heterocycles. The maximum absolute atomic E-state index is 12.0. The first kappa shape index (κ1) is 18.0. The Bertz CT molecular complexity index is 936. The maximum Gasteiger partial charge on any atom is 0.250 e. The van der Waals surface area contributed by atoms with Crippen LogP contribution in [-0.2, 0) is 11.3 Å². The Balaban J connectivity index is 1.58. The average molecular weight is 368 g/mol. The van der Waals surface area contributed by atoms with Crippen molar-refractivity contribution in [3.05, 3.63) is 54.1 Å². The molecule has 6 nitrogen and oxygen atoms in total. The summed E-state index contributed by atoms with van der Waals surface area (Å²) in [5.41, 5.74) is 5.41. The second-order valence-corrected chi connectivity index (χ2v) is 6.43. The number of methoxy groups -OCH3 is 1. The number of carbonyl (C=O) groups excluding carboxylic acids is 1. The molecule has 7 heteroatoms. The van der Waals surface area contributed by atoms with E-state index in [1.54, 1.807) is 13.3 Å². The van der Waals surface area contributed by atoms with E-state index in [-0.39, 0.29) is 11.7 Å². The highest BCUT2D eigenvalue weighted by Gasteiger charge is 2.11. The molecule has 3 rings (SSSR count). The molecule has 1 amide bonds. The third kappa shape index (κ3) is 4.23. The van der Waals surface area contributed by atoms with Gasteiger partial charge in [0.25, 0.3) is 5.91 Å². The highest BCUT2D eigenvalue weighted by atomic mass is 32.2. The van der Waals surface area contributed by atoms with Crippen LogP contribution in [0.15, 0.2) is 58.8 Å². The van der Waals surface area contributed by atoms with E-state index < -0.39 is 0 Å². The number of amides is 1. The molecule has 1 N–H and O–H groups in total. The lowest BCUT2D eigenvalue weighted by Crippen LogP contribution is -2.20. The molecule has 0 fully saturated rings. The summed E-state index contributed by atoms with van der Waals surface area (Å²) >= 11 is 1.40. The number of rotatable bonds is 7. The zero-order chi connectivity index (χ0) is 18.4. The van der Waals surface area contributed by atoms with Crippen LogP contribution in [0.5, 0.6) is 5.75 Å². The summed E-state index contributed by atoms with van der Waals surface area (Å²) in [5, 5.41) is 4.83. The first-order valence-corrected chi connectivity index (χ1v) is 9.24. The van der Waals surface area contributed by atoms with Crippen LogP contribution >= 0.6 is 11.8 Å². The van der Waals surface area contributed by atoms with E-state index in [0.29, 0.717) is 0 Å². The summed E-state index contributed by atoms with van der Waals surface area (Å²) in [7, 11) is 1.61. The molecule has 0 bridgehead atoms. The van der Waals surface area contributed by atoms with Gasteiger partial charge in [0.1, 0.15) is 5.75 Å². The number of para-hydroxylation sites is 2. The molecule has 1 aromatic heterocycles. The number of carbonyl (C=O) groups is 1. The quantitative estimate of drug-likeness (QED) is 0.395. The van der Waals surface area contributed by atoms with Crippen molar-refractivity contribution in [3.8, 4) is 5.75 Å². The summed E-state index contributed by atoms with van der Waals surface area (Å²) in [4.78, 5) is 16.6. The number of aryl methyl sites for hydroxylation is 1. The minimum Gasteiger partial charge on any atom is -0.497 e. The van der Waals surface area contributed by atoms with E-state index in [0.717, 1.165) is 34.0 Å². The predicted molar refractivity (Wildman–Crippen MR) is 105 cm³/mol. The number of hydrazone groups is 1. The lowest BCUT2D eigenvalue weighted by atomic mass is 10.2. The first-order valence-electron chi connectivity index (χ1n) is 8.25. The molecule has 0 radical (unpaired) electrons. The average Bonchev–Trinajstić information content (AvgIpc) is 3.04. The van der Waals surface area contributed by atoms with E-state index in [1.165, 1.54) is 11.8 Å². The fourth-order valence-corrected chi connectivity index (χ4v) is 3.40. The fraction of sp³-hybridized carbons (Fsp3) is 0.211. The van der Waals surface area contributed by atoms with Gasteiger partial charge >= 0.3 is 0 Å². The van der Waals surface area contributed by atoms with Gasteiger partial charge in [0.15, 0.2) is 5.16 Å². The number of nitrogens with zero attached hydrogens (tertiary/aromatic N) is 3. The lowest BCUT2D eigenvalue weighted by molar-refractivity contribution is -0.118. The smallest absolute Gasteiger partial charge is 0.250 e. The van der Waals surface area contributed by atoms with Gasteiger partial charge in [-0.3, -0.25) is 4.79 Å². The second kappa shape index (κ2) is 8.53. The van der Waals surface area contributed by atoms with Crippen molar-refractivity contribution in [2.24, 2.45) is 5.10 Å². The lowest BCUT2D eigenvalue weighted by Gasteiger charge is -2.05. The first-order chi connectivity index (χ1) is 12.7. The van der Waals surface area contributed by atoms with Crippen LogP contribution in [0.1, 0.15) is 12.5 Å². The Morgan fingerprint density at radius 2 is 2.15 bits per heavy atom. The third-order valence-corrected chi connectivity index (χ3v) is 4.74. The largest absolute Gasteiger partial charge is 0.497 e. The highest BCUT2D eigenvalue weighted by Crippen LogP contribution is 2.23. The SMILES string of the molecule is CCn1c(SCC(=O)N/N=C\c2cccc(OC)c2)nc2ccccc21. The Labute approximate surface area is 156 Å². The van der Waals surface area contributed by atoms with Crippen LogP contribution in [0.4, 0.5) is 0 Å². The van der Waals surface area contributed by atoms with Crippen LogP contribution < -0.4 is 10.2 Å². The number of hydrogen-bond acceptors (Lipinski definition) is 5. The van der Waals surface area contributed by atoms with Crippen LogP contribution in [0.3, 0.4) is 0 Å². The van der Waals surface area contributed by atoms with Crippen molar-refractivity contribution >= 4 is 34.9 Å². The van der Waals surface area contributed by atoms with E-state index >= 15 is 0 Å². The Morgan fingerprint density at radius 1 is 1.31 bits per heavy atom. The van der Waals surface area contributed by atoms with Crippen LogP contribution in [0, 0.1) is 0 Å². The topological polar surface area (TPSA) is 68.5 Å². The number of nitrogens with one attached hydrogen (secondary N) is 1. The van der Waals surface area contributed by atoms with Crippen molar-refractivity contribution in [1.82, 2.24) is 15.0 Å². The third-order valence-electron chi connectivity index (χ3n) is 3.76. The number of benzene rings is 2. The number of aromatic nitrogens is 2. The summed E-state index contributed by atoms with van der Waals surface area (Å²) in [6, 6.07) is 15.4. The van der Waals surface area contributed by atoms with Gasteiger partial charge in [-0.15, -0.1) is 0 Å². The zero-order valence-corrected chi connectivity index (χ0v) is 15.5. The van der Waals surface area contributed by atoms with Gasteiger partial charge < -0.3 is 9.30 Å². The Hall–Kier alpha value is -2.80. The molecule has 0 atom stereocenters. The van der Waals surface area contributed by atoms with E-state index in [4.69, 9.17) is 4.74 Å². The van der Waals surface area contributed by atoms with Gasteiger partial charge in [-0.2, -0.15) is 5.10 Å². The van der Waals surface area contributed by atoms with E-state index in [9.17, 15) is 4.79 Å². The molecule has 26 heavy (non-hydrogen) atoms. The summed E-state index contributed by atoms with van der Waals surface area (Å²) in [6.07, 6.45) is 1.59. The molecule has 0 unspecified atom stereocenters. The van der Waals surface area contributed by atoms with Crippen molar-refractivity contribution in [2.75, 3.05) is 12.9 Å². The summed E-state index contributed by atoms with van der Waals surface area (Å²) < 4.78 is 7.26. The minimum atomic E-state index is -0.177. The number of thioether (sulfide) groups is 1. The molecular formula is C19H20N4O2S.